The van der Waals surface area contributed by atoms with Crippen LogP contribution >= 0.6 is 0 Å². The van der Waals surface area contributed by atoms with Crippen LogP contribution in [0.2, 0.25) is 0 Å². The molecule has 3 rings (SSSR count). The van der Waals surface area contributed by atoms with Gasteiger partial charge in [0.1, 0.15) is 0 Å². The van der Waals surface area contributed by atoms with Gasteiger partial charge in [-0.1, -0.05) is 11.2 Å². The third-order valence-corrected chi connectivity index (χ3v) is 3.41. The largest absolute Gasteiger partial charge is 0.471 e. The van der Waals surface area contributed by atoms with E-state index >= 15 is 0 Å². The molecule has 0 radical (unpaired) electrons. The maximum Gasteiger partial charge on any atom is 0.471 e. The van der Waals surface area contributed by atoms with E-state index in [1.165, 1.54) is 16.8 Å². The van der Waals surface area contributed by atoms with Gasteiger partial charge in [-0.15, -0.1) is 0 Å². The standard InChI is InChI=1S/C15H11F3N4O2/c1-9(11-4-2-3-6-19-11)22-7-5-10(8-12(22)23)13-20-14(24-21-13)15(16,17)18/h2-9H,1H3. The van der Waals surface area contributed by atoms with Crippen molar-refractivity contribution in [2.75, 3.05) is 0 Å². The lowest BCUT2D eigenvalue weighted by atomic mass is 10.2. The molecule has 0 aromatic carbocycles. The minimum atomic E-state index is -4.73. The minimum Gasteiger partial charge on any atom is -0.329 e. The summed E-state index contributed by atoms with van der Waals surface area (Å²) in [6.07, 6.45) is -1.66. The quantitative estimate of drug-likeness (QED) is 0.735. The van der Waals surface area contributed by atoms with Crippen LogP contribution in [0.1, 0.15) is 24.6 Å². The minimum absolute atomic E-state index is 0.142. The van der Waals surface area contributed by atoms with Crippen molar-refractivity contribution in [3.63, 3.8) is 0 Å². The van der Waals surface area contributed by atoms with Crippen LogP contribution in [-0.4, -0.2) is 19.7 Å². The van der Waals surface area contributed by atoms with E-state index in [1.807, 2.05) is 0 Å². The highest BCUT2D eigenvalue weighted by Crippen LogP contribution is 2.29. The number of rotatable bonds is 3. The molecule has 0 saturated heterocycles. The Bertz CT molecular complexity index is 903. The fraction of sp³-hybridized carbons (Fsp3) is 0.200. The molecule has 0 fully saturated rings. The molecule has 3 heterocycles. The first-order valence-electron chi connectivity index (χ1n) is 6.90. The van der Waals surface area contributed by atoms with Crippen LogP contribution in [0.3, 0.4) is 0 Å². The molecule has 3 aromatic heterocycles. The molecule has 1 unspecified atom stereocenters. The molecule has 0 spiro atoms. The molecule has 3 aromatic rings. The third kappa shape index (κ3) is 3.05. The van der Waals surface area contributed by atoms with Crippen molar-refractivity contribution in [2.24, 2.45) is 0 Å². The number of halogens is 3. The highest BCUT2D eigenvalue weighted by Gasteiger charge is 2.38. The molecule has 6 nitrogen and oxygen atoms in total. The number of aromatic nitrogens is 4. The van der Waals surface area contributed by atoms with Gasteiger partial charge in [-0.25, -0.2) is 0 Å². The van der Waals surface area contributed by atoms with Crippen LogP contribution in [-0.2, 0) is 6.18 Å². The van der Waals surface area contributed by atoms with Gasteiger partial charge in [0.2, 0.25) is 5.82 Å². The van der Waals surface area contributed by atoms with Crippen LogP contribution < -0.4 is 5.56 Å². The van der Waals surface area contributed by atoms with Crippen molar-refractivity contribution in [3.05, 3.63) is 64.7 Å². The fourth-order valence-electron chi connectivity index (χ4n) is 2.17. The van der Waals surface area contributed by atoms with Gasteiger partial charge >= 0.3 is 12.1 Å². The molecule has 24 heavy (non-hydrogen) atoms. The Hall–Kier alpha value is -2.97. The molecule has 9 heteroatoms. The summed E-state index contributed by atoms with van der Waals surface area (Å²) in [4.78, 5) is 19.7. The molecule has 124 valence electrons. The maximum atomic E-state index is 12.5. The highest BCUT2D eigenvalue weighted by atomic mass is 19.4. The Morgan fingerprint density at radius 2 is 2.04 bits per heavy atom. The lowest BCUT2D eigenvalue weighted by molar-refractivity contribution is -0.159. The number of nitrogens with zero attached hydrogens (tertiary/aromatic N) is 4. The Morgan fingerprint density at radius 3 is 2.62 bits per heavy atom. The van der Waals surface area contributed by atoms with Crippen LogP contribution in [0.15, 0.2) is 52.0 Å². The van der Waals surface area contributed by atoms with E-state index in [-0.39, 0.29) is 17.4 Å². The van der Waals surface area contributed by atoms with Crippen LogP contribution in [0.25, 0.3) is 11.4 Å². The van der Waals surface area contributed by atoms with E-state index in [9.17, 15) is 18.0 Å². The summed E-state index contributed by atoms with van der Waals surface area (Å²) in [6, 6.07) is 7.62. The SMILES string of the molecule is CC(c1ccccn1)n1ccc(-c2noc(C(F)(F)F)n2)cc1=O. The van der Waals surface area contributed by atoms with Gasteiger partial charge in [0.15, 0.2) is 0 Å². The van der Waals surface area contributed by atoms with Gasteiger partial charge in [0.05, 0.1) is 11.7 Å². The molecule has 0 aliphatic carbocycles. The van der Waals surface area contributed by atoms with Gasteiger partial charge in [-0.3, -0.25) is 9.78 Å². The summed E-state index contributed by atoms with van der Waals surface area (Å²) in [7, 11) is 0. The second-order valence-electron chi connectivity index (χ2n) is 5.01. The van der Waals surface area contributed by atoms with Crippen molar-refractivity contribution < 1.29 is 17.7 Å². The molecule has 0 aliphatic rings. The first kappa shape index (κ1) is 15.9. The molecule has 0 amide bonds. The second kappa shape index (κ2) is 5.91. The summed E-state index contributed by atoms with van der Waals surface area (Å²) in [6.45, 7) is 1.79. The average Bonchev–Trinajstić information content (AvgIpc) is 3.05. The van der Waals surface area contributed by atoms with Gasteiger partial charge in [0, 0.05) is 24.0 Å². The Morgan fingerprint density at radius 1 is 1.25 bits per heavy atom. The predicted octanol–water partition coefficient (Wildman–Crippen LogP) is 2.92. The summed E-state index contributed by atoms with van der Waals surface area (Å²) in [5.74, 6) is -1.75. The van der Waals surface area contributed by atoms with Crippen molar-refractivity contribution in [1.82, 2.24) is 19.7 Å². The summed E-state index contributed by atoms with van der Waals surface area (Å²) in [5, 5.41) is 3.26. The third-order valence-electron chi connectivity index (χ3n) is 3.41. The molecular formula is C15H11F3N4O2. The van der Waals surface area contributed by atoms with Crippen molar-refractivity contribution >= 4 is 0 Å². The fourth-order valence-corrected chi connectivity index (χ4v) is 2.17. The van der Waals surface area contributed by atoms with Gasteiger partial charge in [-0.05, 0) is 25.1 Å². The average molecular weight is 336 g/mol. The first-order chi connectivity index (χ1) is 11.4. The predicted molar refractivity (Wildman–Crippen MR) is 77.0 cm³/mol. The zero-order valence-corrected chi connectivity index (χ0v) is 12.4. The molecular weight excluding hydrogens is 325 g/mol. The number of alkyl halides is 3. The second-order valence-corrected chi connectivity index (χ2v) is 5.01. The lowest BCUT2D eigenvalue weighted by Crippen LogP contribution is -2.23. The Labute approximate surface area is 133 Å². The van der Waals surface area contributed by atoms with E-state index in [0.717, 1.165) is 6.07 Å². The lowest BCUT2D eigenvalue weighted by Gasteiger charge is -2.14. The normalized spacial score (nSPS) is 13.0. The molecule has 1 atom stereocenters. The van der Waals surface area contributed by atoms with Crippen LogP contribution in [0.4, 0.5) is 13.2 Å². The van der Waals surface area contributed by atoms with Crippen molar-refractivity contribution in [1.29, 1.82) is 0 Å². The first-order valence-corrected chi connectivity index (χ1v) is 6.90. The monoisotopic (exact) mass is 336 g/mol. The van der Waals surface area contributed by atoms with Crippen molar-refractivity contribution in [2.45, 2.75) is 19.1 Å². The summed E-state index contributed by atoms with van der Waals surface area (Å²) in [5.41, 5.74) is 0.416. The smallest absolute Gasteiger partial charge is 0.329 e. The topological polar surface area (TPSA) is 73.8 Å². The van der Waals surface area contributed by atoms with Gasteiger partial charge < -0.3 is 9.09 Å². The zero-order valence-electron chi connectivity index (χ0n) is 12.4. The Balaban J connectivity index is 1.93. The highest BCUT2D eigenvalue weighted by molar-refractivity contribution is 5.52. The summed E-state index contributed by atoms with van der Waals surface area (Å²) >= 11 is 0. The number of hydrogen-bond donors (Lipinski definition) is 0. The Kier molecular flexibility index (Phi) is 3.92. The number of hydrogen-bond acceptors (Lipinski definition) is 5. The van der Waals surface area contributed by atoms with E-state index < -0.39 is 17.6 Å². The van der Waals surface area contributed by atoms with E-state index in [1.54, 1.807) is 31.3 Å². The van der Waals surface area contributed by atoms with E-state index in [4.69, 9.17) is 0 Å². The molecule has 0 aliphatic heterocycles. The van der Waals surface area contributed by atoms with Crippen LogP contribution in [0, 0.1) is 0 Å². The van der Waals surface area contributed by atoms with E-state index in [0.29, 0.717) is 5.69 Å². The molecule has 0 bridgehead atoms. The number of pyridine rings is 2. The van der Waals surface area contributed by atoms with Crippen LogP contribution in [0.5, 0.6) is 0 Å². The summed E-state index contributed by atoms with van der Waals surface area (Å²) < 4.78 is 43.0. The maximum absolute atomic E-state index is 12.5. The zero-order chi connectivity index (χ0) is 17.3. The van der Waals surface area contributed by atoms with Crippen molar-refractivity contribution in [3.8, 4) is 11.4 Å². The molecule has 0 N–H and O–H groups in total. The van der Waals surface area contributed by atoms with Gasteiger partial charge in [-0.2, -0.15) is 18.2 Å². The van der Waals surface area contributed by atoms with E-state index in [2.05, 4.69) is 19.6 Å². The molecule has 0 saturated carbocycles. The van der Waals surface area contributed by atoms with Gasteiger partial charge in [0.25, 0.3) is 5.56 Å².